The Morgan fingerprint density at radius 2 is 1.41 bits per heavy atom. The Morgan fingerprint density at radius 1 is 0.852 bits per heavy atom. The Bertz CT molecular complexity index is 768. The zero-order chi connectivity index (χ0) is 19.0. The summed E-state index contributed by atoms with van der Waals surface area (Å²) in [5, 5.41) is 6.66. The number of alkyl halides is 2. The van der Waals surface area contributed by atoms with Gasteiger partial charge in [-0.05, 0) is 63.5 Å². The molecule has 6 nitrogen and oxygen atoms in total. The molecule has 0 spiro atoms. The average molecular weight is 374 g/mol. The second-order valence-electron chi connectivity index (χ2n) is 7.60. The van der Waals surface area contributed by atoms with Crippen LogP contribution in [-0.4, -0.2) is 32.0 Å². The molecule has 2 N–H and O–H groups in total. The summed E-state index contributed by atoms with van der Waals surface area (Å²) in [6.45, 7) is 4.22. The van der Waals surface area contributed by atoms with Crippen LogP contribution in [0.3, 0.4) is 0 Å². The van der Waals surface area contributed by atoms with E-state index >= 15 is 0 Å². The first kappa shape index (κ1) is 18.0. The van der Waals surface area contributed by atoms with Crippen LogP contribution >= 0.6 is 0 Å². The lowest BCUT2D eigenvalue weighted by molar-refractivity contribution is 0.146. The van der Waals surface area contributed by atoms with Crippen LogP contribution in [0, 0.1) is 11.8 Å². The maximum atomic E-state index is 13.0. The fraction of sp³-hybridized carbons (Fsp3) is 0.579. The van der Waals surface area contributed by atoms with Crippen molar-refractivity contribution in [2.45, 2.75) is 58.0 Å². The zero-order valence-corrected chi connectivity index (χ0v) is 15.5. The Kier molecular flexibility index (Phi) is 4.88. The van der Waals surface area contributed by atoms with Crippen LogP contribution in [0.15, 0.2) is 18.2 Å². The lowest BCUT2D eigenvalue weighted by atomic mass is 10.2. The van der Waals surface area contributed by atoms with E-state index in [9.17, 15) is 8.78 Å². The minimum absolute atomic E-state index is 0.259. The fourth-order valence-corrected chi connectivity index (χ4v) is 3.15. The van der Waals surface area contributed by atoms with E-state index in [1.165, 1.54) is 31.7 Å². The maximum Gasteiger partial charge on any atom is 0.280 e. The SMILES string of the molecule is CC(Nc1nc(NC(C)C2CC2)nc(-c2cccc(C(F)F)n2)n1)C1CC1. The van der Waals surface area contributed by atoms with Crippen molar-refractivity contribution in [2.24, 2.45) is 11.8 Å². The Balaban J connectivity index is 1.64. The van der Waals surface area contributed by atoms with Gasteiger partial charge in [-0.1, -0.05) is 6.07 Å². The molecule has 8 heteroatoms. The molecule has 4 rings (SSSR count). The van der Waals surface area contributed by atoms with Crippen molar-refractivity contribution in [3.8, 4) is 11.5 Å². The van der Waals surface area contributed by atoms with Crippen molar-refractivity contribution < 1.29 is 8.78 Å². The summed E-state index contributed by atoms with van der Waals surface area (Å²) in [4.78, 5) is 17.4. The monoisotopic (exact) mass is 374 g/mol. The molecule has 2 unspecified atom stereocenters. The van der Waals surface area contributed by atoms with E-state index in [0.717, 1.165) is 0 Å². The first-order valence-electron chi connectivity index (χ1n) is 9.54. The van der Waals surface area contributed by atoms with Crippen molar-refractivity contribution in [1.29, 1.82) is 0 Å². The second kappa shape index (κ2) is 7.32. The lowest BCUT2D eigenvalue weighted by Crippen LogP contribution is -2.23. The summed E-state index contributed by atoms with van der Waals surface area (Å²) < 4.78 is 26.0. The van der Waals surface area contributed by atoms with Crippen LogP contribution < -0.4 is 10.6 Å². The van der Waals surface area contributed by atoms with Gasteiger partial charge < -0.3 is 10.6 Å². The summed E-state index contributed by atoms with van der Waals surface area (Å²) in [6, 6.07) is 5.01. The van der Waals surface area contributed by atoms with Gasteiger partial charge in [0, 0.05) is 12.1 Å². The fourth-order valence-electron chi connectivity index (χ4n) is 3.15. The summed E-state index contributed by atoms with van der Waals surface area (Å²) >= 11 is 0. The number of pyridine rings is 1. The third kappa shape index (κ3) is 4.48. The van der Waals surface area contributed by atoms with E-state index in [1.54, 1.807) is 12.1 Å². The number of hydrogen-bond donors (Lipinski definition) is 2. The van der Waals surface area contributed by atoms with Crippen molar-refractivity contribution in [2.75, 3.05) is 10.6 Å². The van der Waals surface area contributed by atoms with E-state index in [2.05, 4.69) is 44.4 Å². The number of hydrogen-bond acceptors (Lipinski definition) is 6. The molecule has 2 fully saturated rings. The highest BCUT2D eigenvalue weighted by Gasteiger charge is 2.30. The molecule has 0 radical (unpaired) electrons. The highest BCUT2D eigenvalue weighted by atomic mass is 19.3. The molecule has 2 aliphatic rings. The quantitative estimate of drug-likeness (QED) is 0.718. The first-order chi connectivity index (χ1) is 13.0. The largest absolute Gasteiger partial charge is 0.351 e. The topological polar surface area (TPSA) is 75.6 Å². The van der Waals surface area contributed by atoms with E-state index in [1.807, 2.05) is 0 Å². The van der Waals surface area contributed by atoms with Gasteiger partial charge in [0.2, 0.25) is 11.9 Å². The predicted molar refractivity (Wildman–Crippen MR) is 99.6 cm³/mol. The molecule has 2 aromatic rings. The van der Waals surface area contributed by atoms with Crippen LogP contribution in [-0.2, 0) is 0 Å². The Morgan fingerprint density at radius 3 is 1.89 bits per heavy atom. The van der Waals surface area contributed by atoms with Crippen molar-refractivity contribution in [3.63, 3.8) is 0 Å². The number of rotatable bonds is 8. The summed E-state index contributed by atoms with van der Waals surface area (Å²) in [5.74, 6) is 2.46. The molecule has 0 aliphatic heterocycles. The molecule has 0 bridgehead atoms. The van der Waals surface area contributed by atoms with Gasteiger partial charge in [0.15, 0.2) is 5.82 Å². The van der Waals surface area contributed by atoms with Crippen LogP contribution in [0.25, 0.3) is 11.5 Å². The van der Waals surface area contributed by atoms with Crippen molar-refractivity contribution in [3.05, 3.63) is 23.9 Å². The standard InChI is InChI=1S/C19H24F2N6/c1-10(12-6-7-12)22-18-25-17(15-5-3-4-14(24-15)16(20)21)26-19(27-18)23-11(2)13-8-9-13/h3-5,10-13,16H,6-9H2,1-2H3,(H2,22,23,25,26,27). The van der Waals surface area contributed by atoms with Crippen LogP contribution in [0.5, 0.6) is 0 Å². The molecule has 144 valence electrons. The molecule has 0 amide bonds. The summed E-state index contributed by atoms with van der Waals surface area (Å²) in [6.07, 6.45) is 2.18. The van der Waals surface area contributed by atoms with Crippen LogP contribution in [0.1, 0.15) is 51.7 Å². The van der Waals surface area contributed by atoms with Gasteiger partial charge in [-0.3, -0.25) is 0 Å². The molecule has 2 heterocycles. The minimum Gasteiger partial charge on any atom is -0.351 e. The third-order valence-electron chi connectivity index (χ3n) is 5.23. The lowest BCUT2D eigenvalue weighted by Gasteiger charge is -2.17. The maximum absolute atomic E-state index is 13.0. The number of nitrogens with zero attached hydrogens (tertiary/aromatic N) is 4. The van der Waals surface area contributed by atoms with Crippen molar-refractivity contribution >= 4 is 11.9 Å². The molecule has 0 saturated heterocycles. The van der Waals surface area contributed by atoms with Gasteiger partial charge in [-0.25, -0.2) is 13.8 Å². The molecular formula is C19H24F2N6. The molecule has 2 aliphatic carbocycles. The molecule has 0 aromatic carbocycles. The van der Waals surface area contributed by atoms with Gasteiger partial charge >= 0.3 is 0 Å². The van der Waals surface area contributed by atoms with E-state index in [-0.39, 0.29) is 17.8 Å². The molecule has 2 saturated carbocycles. The Labute approximate surface area is 157 Å². The number of nitrogens with one attached hydrogen (secondary N) is 2. The van der Waals surface area contributed by atoms with Gasteiger partial charge in [0.1, 0.15) is 11.4 Å². The summed E-state index contributed by atoms with van der Waals surface area (Å²) in [7, 11) is 0. The van der Waals surface area contributed by atoms with Gasteiger partial charge in [-0.2, -0.15) is 15.0 Å². The second-order valence-corrected chi connectivity index (χ2v) is 7.60. The molecule has 2 aromatic heterocycles. The molecule has 27 heavy (non-hydrogen) atoms. The van der Waals surface area contributed by atoms with Gasteiger partial charge in [0.25, 0.3) is 6.43 Å². The molecular weight excluding hydrogens is 350 g/mol. The minimum atomic E-state index is -2.63. The third-order valence-corrected chi connectivity index (χ3v) is 5.23. The van der Waals surface area contributed by atoms with Gasteiger partial charge in [-0.15, -0.1) is 0 Å². The van der Waals surface area contributed by atoms with Gasteiger partial charge in [0.05, 0.1) is 0 Å². The highest BCUT2D eigenvalue weighted by Crippen LogP contribution is 2.35. The number of halogens is 2. The predicted octanol–water partition coefficient (Wildman–Crippen LogP) is 4.29. The summed E-state index contributed by atoms with van der Waals surface area (Å²) in [5.41, 5.74) is 0.0362. The number of aromatic nitrogens is 4. The average Bonchev–Trinajstić information content (AvgIpc) is 3.54. The van der Waals surface area contributed by atoms with E-state index in [4.69, 9.17) is 0 Å². The van der Waals surface area contributed by atoms with Crippen LogP contribution in [0.2, 0.25) is 0 Å². The van der Waals surface area contributed by atoms with Crippen molar-refractivity contribution in [1.82, 2.24) is 19.9 Å². The van der Waals surface area contributed by atoms with E-state index in [0.29, 0.717) is 35.3 Å². The van der Waals surface area contributed by atoms with E-state index < -0.39 is 6.43 Å². The van der Waals surface area contributed by atoms with Crippen LogP contribution in [0.4, 0.5) is 20.7 Å². The number of anilines is 2. The first-order valence-corrected chi connectivity index (χ1v) is 9.54. The zero-order valence-electron chi connectivity index (χ0n) is 15.5. The highest BCUT2D eigenvalue weighted by molar-refractivity contribution is 5.54. The smallest absolute Gasteiger partial charge is 0.280 e. The normalized spacial score (nSPS) is 19.0. The molecule has 2 atom stereocenters. The Hall–Kier alpha value is -2.38.